The van der Waals surface area contributed by atoms with Gasteiger partial charge in [-0.2, -0.15) is 0 Å². The van der Waals surface area contributed by atoms with Gasteiger partial charge in [-0.25, -0.2) is 0 Å². The van der Waals surface area contributed by atoms with Crippen molar-refractivity contribution in [3.63, 3.8) is 0 Å². The third-order valence-electron chi connectivity index (χ3n) is 3.52. The zero-order chi connectivity index (χ0) is 12.5. The van der Waals surface area contributed by atoms with Gasteiger partial charge in [-0.05, 0) is 11.8 Å². The fourth-order valence-electron chi connectivity index (χ4n) is 2.58. The van der Waals surface area contributed by atoms with Crippen LogP contribution in [0.1, 0.15) is 26.7 Å². The SMILES string of the molecule is CC1(C)CC(=O)C(CN2CCOCC2)=C(N)C1. The first-order valence-electron chi connectivity index (χ1n) is 6.29. The molecule has 0 atom stereocenters. The minimum absolute atomic E-state index is 0.0235. The van der Waals surface area contributed by atoms with Crippen molar-refractivity contribution in [3.05, 3.63) is 11.3 Å². The minimum atomic E-state index is 0.0235. The second-order valence-electron chi connectivity index (χ2n) is 5.83. The van der Waals surface area contributed by atoms with Crippen LogP contribution in [0.2, 0.25) is 0 Å². The molecule has 0 bridgehead atoms. The van der Waals surface area contributed by atoms with E-state index in [1.165, 1.54) is 0 Å². The highest BCUT2D eigenvalue weighted by Gasteiger charge is 2.32. The van der Waals surface area contributed by atoms with Gasteiger partial charge >= 0.3 is 0 Å². The van der Waals surface area contributed by atoms with Gasteiger partial charge in [-0.3, -0.25) is 9.69 Å². The molecule has 96 valence electrons. The molecule has 0 saturated carbocycles. The summed E-state index contributed by atoms with van der Waals surface area (Å²) in [6.45, 7) is 8.21. The van der Waals surface area contributed by atoms with E-state index in [0.29, 0.717) is 13.0 Å². The molecule has 2 aliphatic rings. The molecule has 17 heavy (non-hydrogen) atoms. The van der Waals surface area contributed by atoms with E-state index in [1.54, 1.807) is 0 Å². The van der Waals surface area contributed by atoms with Crippen LogP contribution in [0.4, 0.5) is 0 Å². The zero-order valence-electron chi connectivity index (χ0n) is 10.8. The lowest BCUT2D eigenvalue weighted by atomic mass is 9.76. The van der Waals surface area contributed by atoms with Crippen LogP contribution in [-0.4, -0.2) is 43.5 Å². The van der Waals surface area contributed by atoms with Crippen molar-refractivity contribution >= 4 is 5.78 Å². The Morgan fingerprint density at radius 2 is 1.94 bits per heavy atom. The first-order chi connectivity index (χ1) is 7.98. The number of Topliss-reactive ketones (excluding diaryl/α,β-unsaturated/α-hetero) is 1. The van der Waals surface area contributed by atoms with Crippen molar-refractivity contribution in [2.75, 3.05) is 32.8 Å². The third-order valence-corrected chi connectivity index (χ3v) is 3.52. The number of hydrogen-bond acceptors (Lipinski definition) is 4. The molecule has 1 saturated heterocycles. The molecule has 4 nitrogen and oxygen atoms in total. The lowest BCUT2D eigenvalue weighted by molar-refractivity contribution is -0.118. The van der Waals surface area contributed by atoms with Crippen molar-refractivity contribution in [2.24, 2.45) is 11.1 Å². The van der Waals surface area contributed by atoms with Crippen LogP contribution in [0.25, 0.3) is 0 Å². The van der Waals surface area contributed by atoms with Crippen LogP contribution in [0.15, 0.2) is 11.3 Å². The molecule has 2 N–H and O–H groups in total. The van der Waals surface area contributed by atoms with E-state index in [-0.39, 0.29) is 11.2 Å². The lowest BCUT2D eigenvalue weighted by Gasteiger charge is -2.33. The second-order valence-corrected chi connectivity index (χ2v) is 5.83. The average Bonchev–Trinajstić information content (AvgIpc) is 2.24. The molecule has 0 spiro atoms. The smallest absolute Gasteiger partial charge is 0.162 e. The number of nitrogens with two attached hydrogens (primary N) is 1. The van der Waals surface area contributed by atoms with Gasteiger partial charge in [-0.1, -0.05) is 13.8 Å². The van der Waals surface area contributed by atoms with Gasteiger partial charge in [0.05, 0.1) is 13.2 Å². The minimum Gasteiger partial charge on any atom is -0.402 e. The van der Waals surface area contributed by atoms with Crippen LogP contribution >= 0.6 is 0 Å². The van der Waals surface area contributed by atoms with Crippen LogP contribution in [0.5, 0.6) is 0 Å². The Morgan fingerprint density at radius 1 is 1.29 bits per heavy atom. The average molecular weight is 238 g/mol. The van der Waals surface area contributed by atoms with Crippen molar-refractivity contribution in [3.8, 4) is 0 Å². The molecule has 1 fully saturated rings. The summed E-state index contributed by atoms with van der Waals surface area (Å²) in [7, 11) is 0. The molecule has 0 amide bonds. The second kappa shape index (κ2) is 4.78. The summed E-state index contributed by atoms with van der Waals surface area (Å²) < 4.78 is 5.30. The summed E-state index contributed by atoms with van der Waals surface area (Å²) in [6, 6.07) is 0. The van der Waals surface area contributed by atoms with Crippen LogP contribution in [0.3, 0.4) is 0 Å². The van der Waals surface area contributed by atoms with E-state index in [2.05, 4.69) is 18.7 Å². The predicted molar refractivity (Wildman–Crippen MR) is 66.5 cm³/mol. The Kier molecular flexibility index (Phi) is 3.54. The molecule has 0 aromatic rings. The van der Waals surface area contributed by atoms with Gasteiger partial charge in [0.25, 0.3) is 0 Å². The Labute approximate surface area is 103 Å². The first-order valence-corrected chi connectivity index (χ1v) is 6.29. The van der Waals surface area contributed by atoms with Gasteiger partial charge in [0.2, 0.25) is 0 Å². The Balaban J connectivity index is 2.06. The number of carbonyl (C=O) groups excluding carboxylic acids is 1. The largest absolute Gasteiger partial charge is 0.402 e. The quantitative estimate of drug-likeness (QED) is 0.777. The number of ketones is 1. The molecule has 0 aromatic carbocycles. The summed E-state index contributed by atoms with van der Waals surface area (Å²) in [6.07, 6.45) is 1.45. The Hall–Kier alpha value is -0.870. The number of allylic oxidation sites excluding steroid dienone is 1. The van der Waals surface area contributed by atoms with Crippen LogP contribution in [-0.2, 0) is 9.53 Å². The van der Waals surface area contributed by atoms with E-state index < -0.39 is 0 Å². The molecule has 1 aliphatic heterocycles. The number of morpholine rings is 1. The number of ether oxygens (including phenoxy) is 1. The maximum absolute atomic E-state index is 12.1. The van der Waals surface area contributed by atoms with Crippen molar-refractivity contribution in [1.82, 2.24) is 4.90 Å². The summed E-state index contributed by atoms with van der Waals surface area (Å²) in [4.78, 5) is 14.4. The van der Waals surface area contributed by atoms with Crippen molar-refractivity contribution in [2.45, 2.75) is 26.7 Å². The highest BCUT2D eigenvalue weighted by molar-refractivity contribution is 5.97. The number of hydrogen-bond donors (Lipinski definition) is 1. The maximum atomic E-state index is 12.1. The molecule has 4 heteroatoms. The first kappa shape index (κ1) is 12.6. The van der Waals surface area contributed by atoms with Gasteiger partial charge in [-0.15, -0.1) is 0 Å². The third kappa shape index (κ3) is 3.07. The summed E-state index contributed by atoms with van der Waals surface area (Å²) in [5.41, 5.74) is 7.72. The summed E-state index contributed by atoms with van der Waals surface area (Å²) >= 11 is 0. The Bertz CT molecular complexity index is 341. The Morgan fingerprint density at radius 3 is 2.53 bits per heavy atom. The normalized spacial score (nSPS) is 26.4. The molecule has 0 unspecified atom stereocenters. The fourth-order valence-corrected chi connectivity index (χ4v) is 2.58. The fraction of sp³-hybridized carbons (Fsp3) is 0.769. The molecule has 1 heterocycles. The zero-order valence-corrected chi connectivity index (χ0v) is 10.8. The van der Waals surface area contributed by atoms with Crippen LogP contribution < -0.4 is 5.73 Å². The van der Waals surface area contributed by atoms with Gasteiger partial charge < -0.3 is 10.5 Å². The summed E-state index contributed by atoms with van der Waals surface area (Å²) in [5, 5.41) is 0. The number of nitrogens with zero attached hydrogens (tertiary/aromatic N) is 1. The van der Waals surface area contributed by atoms with Crippen molar-refractivity contribution in [1.29, 1.82) is 0 Å². The van der Waals surface area contributed by atoms with Crippen molar-refractivity contribution < 1.29 is 9.53 Å². The molecule has 1 aliphatic carbocycles. The van der Waals surface area contributed by atoms with E-state index >= 15 is 0 Å². The molecule has 0 radical (unpaired) electrons. The van der Waals surface area contributed by atoms with Gasteiger partial charge in [0.1, 0.15) is 0 Å². The monoisotopic (exact) mass is 238 g/mol. The molecule has 2 rings (SSSR count). The molecular weight excluding hydrogens is 216 g/mol. The summed E-state index contributed by atoms with van der Waals surface area (Å²) in [5.74, 6) is 0.227. The number of carbonyl (C=O) groups is 1. The predicted octanol–water partition coefficient (Wildman–Crippen LogP) is 0.920. The van der Waals surface area contributed by atoms with E-state index in [9.17, 15) is 4.79 Å². The lowest BCUT2D eigenvalue weighted by Crippen LogP contribution is -2.40. The van der Waals surface area contributed by atoms with Gasteiger partial charge in [0, 0.05) is 37.3 Å². The molecular formula is C13H22N2O2. The molecule has 0 aromatic heterocycles. The van der Waals surface area contributed by atoms with E-state index in [4.69, 9.17) is 10.5 Å². The topological polar surface area (TPSA) is 55.6 Å². The van der Waals surface area contributed by atoms with Gasteiger partial charge in [0.15, 0.2) is 5.78 Å². The van der Waals surface area contributed by atoms with Crippen LogP contribution in [0, 0.1) is 5.41 Å². The highest BCUT2D eigenvalue weighted by Crippen LogP contribution is 2.34. The standard InChI is InChI=1S/C13H22N2O2/c1-13(2)7-11(14)10(12(16)8-13)9-15-3-5-17-6-4-15/h3-9,14H2,1-2H3. The number of rotatable bonds is 2. The van der Waals surface area contributed by atoms with E-state index in [0.717, 1.165) is 44.0 Å². The maximum Gasteiger partial charge on any atom is 0.162 e. The van der Waals surface area contributed by atoms with E-state index in [1.807, 2.05) is 0 Å². The highest BCUT2D eigenvalue weighted by atomic mass is 16.5.